The molecule has 0 saturated carbocycles. The van der Waals surface area contributed by atoms with Crippen molar-refractivity contribution in [3.8, 4) is 0 Å². The average molecular weight is 1090 g/mol. The van der Waals surface area contributed by atoms with Crippen LogP contribution in [0.3, 0.4) is 0 Å². The molecule has 61 heavy (non-hydrogen) atoms. The molecule has 0 fully saturated rings. The van der Waals surface area contributed by atoms with Crippen LogP contribution in [0.1, 0.15) is 13.8 Å². The summed E-state index contributed by atoms with van der Waals surface area (Å²) in [4.78, 5) is 0. The van der Waals surface area contributed by atoms with Crippen molar-refractivity contribution in [1.82, 2.24) is 0 Å². The summed E-state index contributed by atoms with van der Waals surface area (Å²) in [5, 5.41) is 11.8. The summed E-state index contributed by atoms with van der Waals surface area (Å²) in [6, 6.07) is 88.7. The Balaban J connectivity index is 0.000000192. The van der Waals surface area contributed by atoms with E-state index in [0.717, 1.165) is 0 Å². The predicted octanol–water partition coefficient (Wildman–Crippen LogP) is 13.0. The van der Waals surface area contributed by atoms with Crippen LogP contribution in [-0.2, 0) is 13.2 Å². The minimum absolute atomic E-state index is 0.335. The molecular formula is C54H52Br2P4Ru. The van der Waals surface area contributed by atoms with E-state index >= 15 is 0 Å². The van der Waals surface area contributed by atoms with Crippen molar-refractivity contribution in [1.29, 1.82) is 0 Å². The van der Waals surface area contributed by atoms with Crippen LogP contribution in [0.25, 0.3) is 0 Å². The number of hydrogen-bond acceptors (Lipinski definition) is 0. The zero-order valence-corrected chi connectivity index (χ0v) is 43.0. The molecule has 7 heteroatoms. The van der Waals surface area contributed by atoms with Gasteiger partial charge >= 0.3 is 40.5 Å². The zero-order chi connectivity index (χ0) is 42.5. The first-order valence-corrected chi connectivity index (χ1v) is 34.3. The van der Waals surface area contributed by atoms with E-state index in [0.29, 0.717) is 24.5 Å². The quantitative estimate of drug-likeness (QED) is 0.0752. The molecule has 0 amide bonds. The summed E-state index contributed by atoms with van der Waals surface area (Å²) in [5.41, 5.74) is 1.17. The predicted molar refractivity (Wildman–Crippen MR) is 283 cm³/mol. The number of rotatable bonds is 14. The number of hydrogen-bond donors (Lipinski definition) is 0. The molecule has 0 bridgehead atoms. The molecule has 0 heterocycles. The fraction of sp³-hybridized carbons (Fsp3) is 0.111. The van der Waals surface area contributed by atoms with Crippen molar-refractivity contribution in [3.63, 3.8) is 0 Å². The van der Waals surface area contributed by atoms with Gasteiger partial charge in [-0.1, -0.05) is 257 Å². The van der Waals surface area contributed by atoms with Crippen molar-refractivity contribution in [2.45, 2.75) is 25.2 Å². The van der Waals surface area contributed by atoms with Crippen LogP contribution in [0.2, 0.25) is 0 Å². The van der Waals surface area contributed by atoms with Crippen LogP contribution in [-0.4, -0.2) is 23.6 Å². The third-order valence-corrected chi connectivity index (χ3v) is 21.8. The second-order valence-corrected chi connectivity index (χ2v) is 32.2. The van der Waals surface area contributed by atoms with Crippen LogP contribution in [0.4, 0.5) is 0 Å². The molecule has 0 unspecified atom stereocenters. The Kier molecular flexibility index (Phi) is 20.8. The molecule has 8 aromatic carbocycles. The summed E-state index contributed by atoms with van der Waals surface area (Å²) in [6.07, 6.45) is 2.39. The van der Waals surface area contributed by atoms with Gasteiger partial charge in [0, 0.05) is 0 Å². The molecule has 0 spiro atoms. The Morgan fingerprint density at radius 1 is 0.295 bits per heavy atom. The maximum atomic E-state index is 3.15. The van der Waals surface area contributed by atoms with E-state index in [4.69, 9.17) is 0 Å². The van der Waals surface area contributed by atoms with Gasteiger partial charge in [-0.3, -0.25) is 0 Å². The van der Waals surface area contributed by atoms with Gasteiger partial charge < -0.3 is 0 Å². The first kappa shape index (κ1) is 47.5. The monoisotopic (exact) mass is 1080 g/mol. The molecule has 8 rings (SSSR count). The van der Waals surface area contributed by atoms with Gasteiger partial charge in [-0.05, 0) is 97.8 Å². The molecule has 0 aliphatic heterocycles. The molecule has 0 nitrogen and oxygen atoms in total. The van der Waals surface area contributed by atoms with E-state index in [-0.39, 0.29) is 15.8 Å². The van der Waals surface area contributed by atoms with Crippen molar-refractivity contribution >= 4 is 101 Å². The average Bonchev–Trinajstić information content (AvgIpc) is 3.33. The fourth-order valence-corrected chi connectivity index (χ4v) is 19.0. The number of halogens is 2. The van der Waals surface area contributed by atoms with Gasteiger partial charge in [0.15, 0.2) is 0 Å². The molecule has 2 atom stereocenters. The SMILES string of the molecule is C[C@H](CP(c1ccccc1)c1ccccc1)P(c1ccccc1)c1ccccc1.C[C@H](CP(c1ccccc1)c1ccccc1)P(c1ccccc1)c1ccccc1.[Br][Ru][Br]. The molecule has 0 aliphatic carbocycles. The second-order valence-electron chi connectivity index (χ2n) is 14.4. The summed E-state index contributed by atoms with van der Waals surface area (Å²) < 4.78 is 0. The maximum absolute atomic E-state index is 3.15. The first-order chi connectivity index (χ1) is 30.1. The Hall–Kier alpha value is -2.94. The van der Waals surface area contributed by atoms with E-state index < -0.39 is 15.8 Å². The van der Waals surface area contributed by atoms with Gasteiger partial charge in [0.05, 0.1) is 0 Å². The second kappa shape index (κ2) is 26.6. The third kappa shape index (κ3) is 14.5. The van der Waals surface area contributed by atoms with Crippen molar-refractivity contribution in [2.24, 2.45) is 0 Å². The van der Waals surface area contributed by atoms with Crippen molar-refractivity contribution in [2.75, 3.05) is 12.3 Å². The van der Waals surface area contributed by atoms with Gasteiger partial charge in [-0.2, -0.15) is 0 Å². The topological polar surface area (TPSA) is 0 Å². The van der Waals surface area contributed by atoms with Crippen LogP contribution >= 0.6 is 58.9 Å². The molecule has 8 aromatic rings. The summed E-state index contributed by atoms with van der Waals surface area (Å²) >= 11 is 6.64. The Bertz CT molecular complexity index is 2020. The summed E-state index contributed by atoms with van der Waals surface area (Å²) in [6.45, 7) is 4.90. The van der Waals surface area contributed by atoms with Gasteiger partial charge in [0.1, 0.15) is 0 Å². The standard InChI is InChI=1S/2C27H26P2.2BrH.Ru/c2*1-23(29(26-18-10-4-11-19-26)27-20-12-5-13-21-27)22-28(24-14-6-2-7-15-24)25-16-8-3-9-17-25;;;/h2*2-21,23H,22H2,1H3;2*1H;/q;;;;+2/p-2/t2*23-;;;/m11.../s1. The van der Waals surface area contributed by atoms with E-state index in [9.17, 15) is 0 Å². The van der Waals surface area contributed by atoms with Crippen LogP contribution in [0, 0.1) is 0 Å². The fourth-order valence-electron chi connectivity index (χ4n) is 7.51. The third-order valence-electron chi connectivity index (χ3n) is 10.2. The van der Waals surface area contributed by atoms with Gasteiger partial charge in [0.25, 0.3) is 0 Å². The summed E-state index contributed by atoms with van der Waals surface area (Å²) in [7, 11) is -1.59. The van der Waals surface area contributed by atoms with Gasteiger partial charge in [-0.15, -0.1) is 0 Å². The molecule has 0 saturated heterocycles. The molecule has 0 radical (unpaired) electrons. The molecule has 310 valence electrons. The molecule has 0 aromatic heterocycles. The van der Waals surface area contributed by atoms with E-state index in [1.807, 2.05) is 0 Å². The molecule has 0 N–H and O–H groups in total. The van der Waals surface area contributed by atoms with Crippen LogP contribution < -0.4 is 42.4 Å². The van der Waals surface area contributed by atoms with Gasteiger partial charge in [-0.25, -0.2) is 0 Å². The summed E-state index contributed by atoms with van der Waals surface area (Å²) in [5.74, 6) is 0. The molecule has 0 aliphatic rings. The van der Waals surface area contributed by atoms with E-state index in [1.165, 1.54) is 54.8 Å². The van der Waals surface area contributed by atoms with Gasteiger partial charge in [0.2, 0.25) is 0 Å². The first-order valence-electron chi connectivity index (χ1n) is 20.5. The number of benzene rings is 8. The Morgan fingerprint density at radius 3 is 0.607 bits per heavy atom. The Morgan fingerprint density at radius 2 is 0.443 bits per heavy atom. The van der Waals surface area contributed by atoms with Crippen molar-refractivity contribution in [3.05, 3.63) is 243 Å². The molecular weight excluding hydrogens is 1030 g/mol. The van der Waals surface area contributed by atoms with Crippen LogP contribution in [0.5, 0.6) is 0 Å². The Labute approximate surface area is 391 Å². The zero-order valence-electron chi connectivity index (χ0n) is 34.6. The van der Waals surface area contributed by atoms with Crippen LogP contribution in [0.15, 0.2) is 243 Å². The van der Waals surface area contributed by atoms with Crippen molar-refractivity contribution < 1.29 is 13.2 Å². The normalized spacial score (nSPS) is 12.0. The minimum atomic E-state index is -0.409. The van der Waals surface area contributed by atoms with E-state index in [2.05, 4.69) is 284 Å². The van der Waals surface area contributed by atoms with E-state index in [1.54, 1.807) is 0 Å².